The van der Waals surface area contributed by atoms with E-state index in [-0.39, 0.29) is 5.56 Å². The van der Waals surface area contributed by atoms with E-state index in [1.54, 1.807) is 43.5 Å². The van der Waals surface area contributed by atoms with Crippen molar-refractivity contribution in [2.24, 2.45) is 0 Å². The van der Waals surface area contributed by atoms with Gasteiger partial charge in [0.05, 0.1) is 14.2 Å². The lowest BCUT2D eigenvalue weighted by Crippen LogP contribution is -2.07. The van der Waals surface area contributed by atoms with Gasteiger partial charge in [0, 0.05) is 17.0 Å². The van der Waals surface area contributed by atoms with Gasteiger partial charge in [-0.05, 0) is 29.8 Å². The van der Waals surface area contributed by atoms with E-state index in [4.69, 9.17) is 13.9 Å². The summed E-state index contributed by atoms with van der Waals surface area (Å²) in [6.07, 6.45) is 0. The Hall–Kier alpha value is -3.26. The van der Waals surface area contributed by atoms with Gasteiger partial charge in [0.1, 0.15) is 28.7 Å². The lowest BCUT2D eigenvalue weighted by molar-refractivity contribution is 0.414. The molecular formula is C18H13NO4. The Morgan fingerprint density at radius 1 is 1.04 bits per heavy atom. The fourth-order valence-corrected chi connectivity index (χ4v) is 2.49. The number of ether oxygens (including phenoxy) is 2. The molecule has 0 N–H and O–H groups in total. The third-order valence-corrected chi connectivity index (χ3v) is 3.59. The molecule has 0 atom stereocenters. The summed E-state index contributed by atoms with van der Waals surface area (Å²) < 4.78 is 15.6. The highest BCUT2D eigenvalue weighted by molar-refractivity contribution is 5.96. The van der Waals surface area contributed by atoms with Crippen LogP contribution in [0.4, 0.5) is 0 Å². The first kappa shape index (κ1) is 14.7. The van der Waals surface area contributed by atoms with Crippen LogP contribution in [0.1, 0.15) is 5.56 Å². The molecule has 0 aliphatic carbocycles. The molecule has 1 heterocycles. The molecule has 0 fully saturated rings. The second kappa shape index (κ2) is 5.85. The quantitative estimate of drug-likeness (QED) is 0.694. The lowest BCUT2D eigenvalue weighted by Gasteiger charge is -2.10. The van der Waals surface area contributed by atoms with Gasteiger partial charge in [0.25, 0.3) is 0 Å². The van der Waals surface area contributed by atoms with E-state index in [0.29, 0.717) is 33.6 Å². The highest BCUT2D eigenvalue weighted by Gasteiger charge is 2.17. The van der Waals surface area contributed by atoms with Crippen molar-refractivity contribution < 1.29 is 13.9 Å². The molecule has 3 rings (SSSR count). The molecule has 0 amide bonds. The predicted molar refractivity (Wildman–Crippen MR) is 85.7 cm³/mol. The number of rotatable bonds is 3. The van der Waals surface area contributed by atoms with Gasteiger partial charge >= 0.3 is 5.63 Å². The Kier molecular flexibility index (Phi) is 3.73. The number of nitrogens with zero attached hydrogens (tertiary/aromatic N) is 1. The Morgan fingerprint density at radius 3 is 2.48 bits per heavy atom. The molecule has 3 aromatic rings. The van der Waals surface area contributed by atoms with Gasteiger partial charge in [0.15, 0.2) is 0 Å². The van der Waals surface area contributed by atoms with Gasteiger partial charge in [-0.15, -0.1) is 0 Å². The number of methoxy groups -OCH3 is 2. The average Bonchev–Trinajstić information content (AvgIpc) is 2.59. The van der Waals surface area contributed by atoms with Crippen LogP contribution in [-0.4, -0.2) is 14.2 Å². The average molecular weight is 307 g/mol. The van der Waals surface area contributed by atoms with E-state index in [2.05, 4.69) is 0 Å². The number of nitriles is 1. The predicted octanol–water partition coefficient (Wildman–Crippen LogP) is 3.35. The third-order valence-electron chi connectivity index (χ3n) is 3.59. The molecule has 1 aromatic heterocycles. The monoisotopic (exact) mass is 307 g/mol. The van der Waals surface area contributed by atoms with Crippen LogP contribution in [0.2, 0.25) is 0 Å². The molecule has 0 bridgehead atoms. The Balaban J connectivity index is 2.41. The second-order valence-electron chi connectivity index (χ2n) is 4.85. The van der Waals surface area contributed by atoms with Crippen LogP contribution < -0.4 is 15.1 Å². The fraction of sp³-hybridized carbons (Fsp3) is 0.111. The van der Waals surface area contributed by atoms with Gasteiger partial charge in [0.2, 0.25) is 0 Å². The number of hydrogen-bond acceptors (Lipinski definition) is 5. The van der Waals surface area contributed by atoms with Crippen molar-refractivity contribution in [3.63, 3.8) is 0 Å². The molecule has 5 nitrogen and oxygen atoms in total. The normalized spacial score (nSPS) is 10.3. The zero-order valence-corrected chi connectivity index (χ0v) is 12.6. The van der Waals surface area contributed by atoms with Crippen LogP contribution in [0, 0.1) is 11.3 Å². The highest BCUT2D eigenvalue weighted by atomic mass is 16.5. The third kappa shape index (κ3) is 2.51. The Bertz CT molecular complexity index is 982. The van der Waals surface area contributed by atoms with Gasteiger partial charge in [-0.25, -0.2) is 4.79 Å². The summed E-state index contributed by atoms with van der Waals surface area (Å²) in [4.78, 5) is 12.2. The van der Waals surface area contributed by atoms with E-state index in [1.807, 2.05) is 12.1 Å². The summed E-state index contributed by atoms with van der Waals surface area (Å²) >= 11 is 0. The summed E-state index contributed by atoms with van der Waals surface area (Å²) in [6.45, 7) is 0. The van der Waals surface area contributed by atoms with Crippen molar-refractivity contribution in [3.8, 4) is 28.7 Å². The maximum Gasteiger partial charge on any atom is 0.354 e. The number of fused-ring (bicyclic) bond motifs is 1. The fourth-order valence-electron chi connectivity index (χ4n) is 2.49. The first-order valence-corrected chi connectivity index (χ1v) is 6.87. The van der Waals surface area contributed by atoms with Crippen molar-refractivity contribution in [2.45, 2.75) is 0 Å². The topological polar surface area (TPSA) is 72.5 Å². The second-order valence-corrected chi connectivity index (χ2v) is 4.85. The Morgan fingerprint density at radius 2 is 1.78 bits per heavy atom. The van der Waals surface area contributed by atoms with Crippen LogP contribution in [-0.2, 0) is 0 Å². The van der Waals surface area contributed by atoms with Gasteiger partial charge in [-0.3, -0.25) is 0 Å². The minimum atomic E-state index is -0.675. The molecule has 114 valence electrons. The minimum Gasteiger partial charge on any atom is -0.497 e. The van der Waals surface area contributed by atoms with Crippen LogP contribution in [0.3, 0.4) is 0 Å². The molecule has 0 spiro atoms. The number of hydrogen-bond donors (Lipinski definition) is 0. The molecule has 5 heteroatoms. The van der Waals surface area contributed by atoms with Crippen LogP contribution in [0.25, 0.3) is 22.1 Å². The Labute approximate surface area is 132 Å². The summed E-state index contributed by atoms with van der Waals surface area (Å²) in [7, 11) is 3.10. The molecule has 0 saturated carbocycles. The van der Waals surface area contributed by atoms with Gasteiger partial charge in [-0.2, -0.15) is 5.26 Å². The van der Waals surface area contributed by atoms with E-state index in [9.17, 15) is 10.1 Å². The van der Waals surface area contributed by atoms with Crippen molar-refractivity contribution in [1.29, 1.82) is 5.26 Å². The van der Waals surface area contributed by atoms with E-state index in [0.717, 1.165) is 0 Å². The van der Waals surface area contributed by atoms with Crippen LogP contribution in [0.15, 0.2) is 51.7 Å². The van der Waals surface area contributed by atoms with Crippen LogP contribution in [0.5, 0.6) is 11.5 Å². The summed E-state index contributed by atoms with van der Waals surface area (Å²) in [6, 6.07) is 14.3. The summed E-state index contributed by atoms with van der Waals surface area (Å²) in [5, 5.41) is 10.0. The zero-order valence-electron chi connectivity index (χ0n) is 12.6. The van der Waals surface area contributed by atoms with Crippen molar-refractivity contribution in [1.82, 2.24) is 0 Å². The number of benzene rings is 2. The molecule has 0 aliphatic heterocycles. The highest BCUT2D eigenvalue weighted by Crippen LogP contribution is 2.33. The maximum atomic E-state index is 12.2. The molecule has 23 heavy (non-hydrogen) atoms. The van der Waals surface area contributed by atoms with Crippen LogP contribution >= 0.6 is 0 Å². The first-order valence-electron chi connectivity index (χ1n) is 6.87. The van der Waals surface area contributed by atoms with E-state index >= 15 is 0 Å². The van der Waals surface area contributed by atoms with Crippen molar-refractivity contribution in [3.05, 3.63) is 58.4 Å². The smallest absolute Gasteiger partial charge is 0.354 e. The molecule has 0 saturated heterocycles. The maximum absolute atomic E-state index is 12.2. The van der Waals surface area contributed by atoms with E-state index in [1.165, 1.54) is 7.11 Å². The molecule has 2 aromatic carbocycles. The lowest BCUT2D eigenvalue weighted by atomic mass is 9.97. The summed E-state index contributed by atoms with van der Waals surface area (Å²) in [5.74, 6) is 1.21. The largest absolute Gasteiger partial charge is 0.497 e. The molecule has 0 radical (unpaired) electrons. The SMILES string of the molecule is COc1cccc(-c2c(C#N)c(=O)oc3cc(OC)ccc23)c1. The zero-order chi connectivity index (χ0) is 16.4. The molecule has 0 unspecified atom stereocenters. The van der Waals surface area contributed by atoms with Crippen molar-refractivity contribution >= 4 is 11.0 Å². The first-order chi connectivity index (χ1) is 11.2. The summed E-state index contributed by atoms with van der Waals surface area (Å²) in [5.41, 5.74) is 0.900. The minimum absolute atomic E-state index is 0.0316. The molecule has 0 aliphatic rings. The molecular weight excluding hydrogens is 294 g/mol. The van der Waals surface area contributed by atoms with E-state index < -0.39 is 5.63 Å². The van der Waals surface area contributed by atoms with Crippen molar-refractivity contribution in [2.75, 3.05) is 14.2 Å². The van der Waals surface area contributed by atoms with Gasteiger partial charge in [-0.1, -0.05) is 12.1 Å². The van der Waals surface area contributed by atoms with Gasteiger partial charge < -0.3 is 13.9 Å². The standard InChI is InChI=1S/C18H13NO4/c1-21-12-5-3-4-11(8-12)17-14-7-6-13(22-2)9-16(14)23-18(20)15(17)10-19/h3-9H,1-2H3.